The van der Waals surface area contributed by atoms with Crippen molar-refractivity contribution in [1.29, 1.82) is 0 Å². The van der Waals surface area contributed by atoms with Gasteiger partial charge >= 0.3 is 18.2 Å². The molecule has 0 bridgehead atoms. The second-order valence-electron chi connectivity index (χ2n) is 4.77. The maximum absolute atomic E-state index is 12.5. The van der Waals surface area contributed by atoms with Crippen LogP contribution in [0.3, 0.4) is 0 Å². The molecule has 7 nitrogen and oxygen atoms in total. The monoisotopic (exact) mass is 350 g/mol. The Hall–Kier alpha value is -2.49. The van der Waals surface area contributed by atoms with Gasteiger partial charge in [-0.25, -0.2) is 4.79 Å². The lowest BCUT2D eigenvalue weighted by Crippen LogP contribution is -2.41. The van der Waals surface area contributed by atoms with E-state index >= 15 is 0 Å². The highest BCUT2D eigenvalue weighted by Gasteiger charge is 2.30. The van der Waals surface area contributed by atoms with E-state index in [0.29, 0.717) is 0 Å². The first-order valence-electron chi connectivity index (χ1n) is 6.90. The number of alkyl halides is 3. The highest BCUT2D eigenvalue weighted by molar-refractivity contribution is 5.74. The summed E-state index contributed by atoms with van der Waals surface area (Å²) in [5.74, 6) is -1.13. The molecule has 24 heavy (non-hydrogen) atoms. The van der Waals surface area contributed by atoms with Crippen LogP contribution in [0.2, 0.25) is 0 Å². The maximum Gasteiger partial charge on any atom is 0.416 e. The molecule has 0 fully saturated rings. The number of aliphatic carboxylic acids is 1. The summed E-state index contributed by atoms with van der Waals surface area (Å²) in [7, 11) is 0. The van der Waals surface area contributed by atoms with Gasteiger partial charge in [0.15, 0.2) is 0 Å². The number of hydrogen-bond acceptors (Lipinski definition) is 4. The Balaban J connectivity index is 2.32. The van der Waals surface area contributed by atoms with Crippen molar-refractivity contribution in [3.05, 3.63) is 29.8 Å². The molecular formula is C14H17F3N2O5. The molecular weight excluding hydrogens is 333 g/mol. The molecule has 0 radical (unpaired) electrons. The Morgan fingerprint density at radius 3 is 2.58 bits per heavy atom. The SMILES string of the molecule is O=C(O)CCNC(=O)NCC(O)COc1cccc(C(F)(F)F)c1. The van der Waals surface area contributed by atoms with Crippen molar-refractivity contribution in [3.63, 3.8) is 0 Å². The fraction of sp³-hybridized carbons (Fsp3) is 0.429. The standard InChI is InChI=1S/C14H17F3N2O5/c15-14(16,17)9-2-1-3-11(6-9)24-8-10(20)7-19-13(23)18-5-4-12(21)22/h1-3,6,10,20H,4-5,7-8H2,(H,21,22)(H2,18,19,23). The van der Waals surface area contributed by atoms with Gasteiger partial charge in [-0.05, 0) is 18.2 Å². The fourth-order valence-corrected chi connectivity index (χ4v) is 1.57. The summed E-state index contributed by atoms with van der Waals surface area (Å²) >= 11 is 0. The molecule has 134 valence electrons. The number of carbonyl (C=O) groups excluding carboxylic acids is 1. The summed E-state index contributed by atoms with van der Waals surface area (Å²) in [6.07, 6.45) is -5.88. The van der Waals surface area contributed by atoms with E-state index in [1.54, 1.807) is 0 Å². The molecule has 0 aliphatic carbocycles. The third kappa shape index (κ3) is 7.68. The molecule has 1 rings (SSSR count). The molecule has 0 heterocycles. The number of carboxylic acids is 1. The minimum Gasteiger partial charge on any atom is -0.491 e. The van der Waals surface area contributed by atoms with Crippen molar-refractivity contribution in [2.45, 2.75) is 18.7 Å². The van der Waals surface area contributed by atoms with Gasteiger partial charge in [-0.2, -0.15) is 13.2 Å². The van der Waals surface area contributed by atoms with Gasteiger partial charge in [0.2, 0.25) is 0 Å². The van der Waals surface area contributed by atoms with E-state index < -0.39 is 29.8 Å². The van der Waals surface area contributed by atoms with Gasteiger partial charge in [-0.1, -0.05) is 6.07 Å². The zero-order valence-electron chi connectivity index (χ0n) is 12.5. The molecule has 0 aliphatic rings. The Morgan fingerprint density at radius 1 is 1.25 bits per heavy atom. The fourth-order valence-electron chi connectivity index (χ4n) is 1.57. The summed E-state index contributed by atoms with van der Waals surface area (Å²) in [6, 6.07) is 3.52. The number of ether oxygens (including phenoxy) is 1. The lowest BCUT2D eigenvalue weighted by atomic mass is 10.2. The van der Waals surface area contributed by atoms with E-state index in [4.69, 9.17) is 9.84 Å². The highest BCUT2D eigenvalue weighted by atomic mass is 19.4. The molecule has 0 saturated heterocycles. The summed E-state index contributed by atoms with van der Waals surface area (Å²) < 4.78 is 42.6. The second kappa shape index (κ2) is 8.96. The van der Waals surface area contributed by atoms with Gasteiger partial charge in [0, 0.05) is 13.1 Å². The summed E-state index contributed by atoms with van der Waals surface area (Å²) in [5.41, 5.74) is -0.870. The number of carbonyl (C=O) groups is 2. The van der Waals surface area contributed by atoms with Gasteiger partial charge in [0.25, 0.3) is 0 Å². The molecule has 1 aromatic carbocycles. The third-order valence-electron chi connectivity index (χ3n) is 2.73. The molecule has 1 aromatic rings. The van der Waals surface area contributed by atoms with E-state index in [2.05, 4.69) is 10.6 Å². The predicted octanol–water partition coefficient (Wildman–Crippen LogP) is 1.22. The first-order valence-corrected chi connectivity index (χ1v) is 6.90. The van der Waals surface area contributed by atoms with Crippen molar-refractivity contribution in [2.24, 2.45) is 0 Å². The zero-order valence-corrected chi connectivity index (χ0v) is 12.5. The first-order chi connectivity index (χ1) is 11.2. The number of rotatable bonds is 8. The van der Waals surface area contributed by atoms with Gasteiger partial charge in [0.1, 0.15) is 18.5 Å². The van der Waals surface area contributed by atoms with Crippen LogP contribution in [-0.2, 0) is 11.0 Å². The van der Waals surface area contributed by atoms with E-state index in [1.165, 1.54) is 12.1 Å². The average Bonchev–Trinajstić information content (AvgIpc) is 2.50. The van der Waals surface area contributed by atoms with E-state index in [0.717, 1.165) is 12.1 Å². The number of halogens is 3. The number of aliphatic hydroxyl groups is 1. The average molecular weight is 350 g/mol. The number of benzene rings is 1. The Labute approximate surface area is 135 Å². The number of urea groups is 1. The molecule has 1 unspecified atom stereocenters. The third-order valence-corrected chi connectivity index (χ3v) is 2.73. The normalized spacial score (nSPS) is 12.3. The predicted molar refractivity (Wildman–Crippen MR) is 76.6 cm³/mol. The Morgan fingerprint density at radius 2 is 1.96 bits per heavy atom. The molecule has 0 aromatic heterocycles. The van der Waals surface area contributed by atoms with Crippen LogP contribution >= 0.6 is 0 Å². The highest BCUT2D eigenvalue weighted by Crippen LogP contribution is 2.31. The molecule has 1 atom stereocenters. The summed E-state index contributed by atoms with van der Waals surface area (Å²) in [5, 5.41) is 22.5. The Kier molecular flexibility index (Phi) is 7.31. The number of hydrogen-bond donors (Lipinski definition) is 4. The smallest absolute Gasteiger partial charge is 0.416 e. The van der Waals surface area contributed by atoms with Crippen molar-refractivity contribution in [2.75, 3.05) is 19.7 Å². The zero-order chi connectivity index (χ0) is 18.2. The molecule has 4 N–H and O–H groups in total. The van der Waals surface area contributed by atoms with Gasteiger partial charge in [-0.3, -0.25) is 4.79 Å². The molecule has 0 saturated carbocycles. The van der Waals surface area contributed by atoms with Crippen LogP contribution in [0.15, 0.2) is 24.3 Å². The minimum atomic E-state index is -4.49. The van der Waals surface area contributed by atoms with Crippen LogP contribution in [0.4, 0.5) is 18.0 Å². The number of carboxylic acid groups (broad SMARTS) is 1. The second-order valence-corrected chi connectivity index (χ2v) is 4.77. The van der Waals surface area contributed by atoms with Crippen LogP contribution in [0.1, 0.15) is 12.0 Å². The van der Waals surface area contributed by atoms with Crippen molar-refractivity contribution in [1.82, 2.24) is 10.6 Å². The minimum absolute atomic E-state index is 0.0604. The largest absolute Gasteiger partial charge is 0.491 e. The lowest BCUT2D eigenvalue weighted by molar-refractivity contribution is -0.138. The quantitative estimate of drug-likeness (QED) is 0.564. The van der Waals surface area contributed by atoms with Crippen LogP contribution in [0.5, 0.6) is 5.75 Å². The summed E-state index contributed by atoms with van der Waals surface area (Å²) in [4.78, 5) is 21.5. The van der Waals surface area contributed by atoms with Crippen LogP contribution in [0.25, 0.3) is 0 Å². The summed E-state index contributed by atoms with van der Waals surface area (Å²) in [6.45, 7) is -0.605. The van der Waals surface area contributed by atoms with Crippen LogP contribution in [-0.4, -0.2) is 48.0 Å². The van der Waals surface area contributed by atoms with Gasteiger partial charge < -0.3 is 25.6 Å². The van der Waals surface area contributed by atoms with E-state index in [1.807, 2.05) is 0 Å². The molecule has 0 aliphatic heterocycles. The topological polar surface area (TPSA) is 108 Å². The van der Waals surface area contributed by atoms with Crippen LogP contribution < -0.4 is 15.4 Å². The van der Waals surface area contributed by atoms with Gasteiger partial charge in [-0.15, -0.1) is 0 Å². The van der Waals surface area contributed by atoms with Crippen molar-refractivity contribution < 1.29 is 37.7 Å². The van der Waals surface area contributed by atoms with E-state index in [-0.39, 0.29) is 31.9 Å². The first kappa shape index (κ1) is 19.6. The van der Waals surface area contributed by atoms with Crippen molar-refractivity contribution >= 4 is 12.0 Å². The maximum atomic E-state index is 12.5. The molecule has 0 spiro atoms. The Bertz CT molecular complexity index is 566. The number of nitrogens with one attached hydrogen (secondary N) is 2. The van der Waals surface area contributed by atoms with Gasteiger partial charge in [0.05, 0.1) is 12.0 Å². The van der Waals surface area contributed by atoms with Crippen molar-refractivity contribution in [3.8, 4) is 5.75 Å². The molecule has 2 amide bonds. The lowest BCUT2D eigenvalue weighted by Gasteiger charge is -2.14. The number of amides is 2. The van der Waals surface area contributed by atoms with Crippen LogP contribution in [0, 0.1) is 0 Å². The number of aliphatic hydroxyl groups excluding tert-OH is 1. The molecule has 10 heteroatoms. The van der Waals surface area contributed by atoms with E-state index in [9.17, 15) is 27.9 Å².